The van der Waals surface area contributed by atoms with E-state index in [0.717, 1.165) is 11.1 Å². The summed E-state index contributed by atoms with van der Waals surface area (Å²) in [6.07, 6.45) is -0.286. The summed E-state index contributed by atoms with van der Waals surface area (Å²) in [5, 5.41) is 8.09. The Balaban J connectivity index is 1.59. The number of carbonyl (C=O) groups excluding carboxylic acids is 2. The summed E-state index contributed by atoms with van der Waals surface area (Å²) < 4.78 is 10.6. The molecular formula is C26H23NO6S. The number of amides is 1. The third kappa shape index (κ3) is 5.23. The van der Waals surface area contributed by atoms with Crippen molar-refractivity contribution in [3.8, 4) is 5.75 Å². The molecule has 0 radical (unpaired) electrons. The molecule has 1 heterocycles. The van der Waals surface area contributed by atoms with Crippen LogP contribution in [0, 0.1) is 0 Å². The average Bonchev–Trinajstić information content (AvgIpc) is 3.18. The molecule has 0 spiro atoms. The van der Waals surface area contributed by atoms with Gasteiger partial charge in [0.05, 0.1) is 24.3 Å². The van der Waals surface area contributed by atoms with Crippen LogP contribution in [0.1, 0.15) is 33.3 Å². The average molecular weight is 478 g/mol. The number of rotatable bonds is 8. The Labute approximate surface area is 201 Å². The number of nitrogens with zero attached hydrogens (tertiary/aromatic N) is 1. The van der Waals surface area contributed by atoms with Gasteiger partial charge in [-0.2, -0.15) is 0 Å². The van der Waals surface area contributed by atoms with Gasteiger partial charge >= 0.3 is 11.9 Å². The highest BCUT2D eigenvalue weighted by Crippen LogP contribution is 2.47. The van der Waals surface area contributed by atoms with Gasteiger partial charge in [0.25, 0.3) is 0 Å². The van der Waals surface area contributed by atoms with Crippen LogP contribution in [0.5, 0.6) is 5.75 Å². The molecule has 1 aliphatic heterocycles. The molecule has 1 saturated heterocycles. The molecule has 1 fully saturated rings. The van der Waals surface area contributed by atoms with Gasteiger partial charge in [-0.25, -0.2) is 4.79 Å². The lowest BCUT2D eigenvalue weighted by atomic mass is 10.1. The maximum Gasteiger partial charge on any atom is 0.337 e. The van der Waals surface area contributed by atoms with Gasteiger partial charge in [-0.05, 0) is 41.5 Å². The first-order chi connectivity index (χ1) is 16.5. The number of carboxylic acids is 1. The monoisotopic (exact) mass is 477 g/mol. The Morgan fingerprint density at radius 2 is 1.74 bits per heavy atom. The summed E-state index contributed by atoms with van der Waals surface area (Å²) in [5.41, 5.74) is 2.68. The van der Waals surface area contributed by atoms with Gasteiger partial charge in [-0.15, -0.1) is 11.8 Å². The Morgan fingerprint density at radius 1 is 1.00 bits per heavy atom. The van der Waals surface area contributed by atoms with E-state index in [1.807, 2.05) is 54.6 Å². The minimum atomic E-state index is -1.04. The minimum absolute atomic E-state index is 0.286. The fraction of sp³-hybridized carbons (Fsp3) is 0.192. The largest absolute Gasteiger partial charge is 0.489 e. The molecule has 0 unspecified atom stereocenters. The lowest BCUT2D eigenvalue weighted by Crippen LogP contribution is -2.32. The lowest BCUT2D eigenvalue weighted by Gasteiger charge is -2.25. The molecule has 1 N–H and O–H groups in total. The highest BCUT2D eigenvalue weighted by molar-refractivity contribution is 8.01. The van der Waals surface area contributed by atoms with Crippen molar-refractivity contribution in [1.82, 2.24) is 0 Å². The molecule has 0 aliphatic carbocycles. The number of benzene rings is 3. The molecule has 34 heavy (non-hydrogen) atoms. The molecule has 0 saturated carbocycles. The quantitative estimate of drug-likeness (QED) is 0.471. The van der Waals surface area contributed by atoms with Crippen LogP contribution < -0.4 is 9.64 Å². The van der Waals surface area contributed by atoms with Crippen LogP contribution in [-0.2, 0) is 20.9 Å². The van der Waals surface area contributed by atoms with E-state index in [-0.39, 0.29) is 12.3 Å². The van der Waals surface area contributed by atoms with Crippen molar-refractivity contribution in [1.29, 1.82) is 0 Å². The summed E-state index contributed by atoms with van der Waals surface area (Å²) in [6, 6.07) is 23.8. The predicted molar refractivity (Wildman–Crippen MR) is 129 cm³/mol. The normalized spacial score (nSPS) is 17.4. The molecule has 0 aromatic heterocycles. The summed E-state index contributed by atoms with van der Waals surface area (Å²) in [5.74, 6) is -1.19. The van der Waals surface area contributed by atoms with Crippen molar-refractivity contribution in [2.45, 2.75) is 23.7 Å². The van der Waals surface area contributed by atoms with Crippen LogP contribution in [-0.4, -0.2) is 35.3 Å². The molecule has 2 atom stereocenters. The first-order valence-corrected chi connectivity index (χ1v) is 11.6. The molecule has 1 amide bonds. The molecule has 7 nitrogen and oxygen atoms in total. The summed E-state index contributed by atoms with van der Waals surface area (Å²) in [6.45, 7) is 0.435. The van der Waals surface area contributed by atoms with Gasteiger partial charge in [0.15, 0.2) is 0 Å². The van der Waals surface area contributed by atoms with Gasteiger partial charge in [0.2, 0.25) is 5.91 Å². The number of esters is 1. The Morgan fingerprint density at radius 3 is 2.41 bits per heavy atom. The highest BCUT2D eigenvalue weighted by Gasteiger charge is 2.43. The van der Waals surface area contributed by atoms with E-state index in [2.05, 4.69) is 0 Å². The molecular weight excluding hydrogens is 454 g/mol. The molecule has 4 rings (SSSR count). The molecule has 174 valence electrons. The molecule has 1 aliphatic rings. The molecule has 0 bridgehead atoms. The van der Waals surface area contributed by atoms with Crippen LogP contribution >= 0.6 is 11.8 Å². The third-order valence-corrected chi connectivity index (χ3v) is 6.80. The maximum absolute atomic E-state index is 13.2. The van der Waals surface area contributed by atoms with E-state index in [1.165, 1.54) is 18.9 Å². The van der Waals surface area contributed by atoms with Crippen molar-refractivity contribution in [3.63, 3.8) is 0 Å². The van der Waals surface area contributed by atoms with E-state index < -0.39 is 22.6 Å². The second-order valence-corrected chi connectivity index (χ2v) is 8.96. The predicted octanol–water partition coefficient (Wildman–Crippen LogP) is 4.67. The zero-order valence-corrected chi connectivity index (χ0v) is 19.2. The smallest absolute Gasteiger partial charge is 0.337 e. The van der Waals surface area contributed by atoms with Crippen molar-refractivity contribution < 1.29 is 29.0 Å². The second kappa shape index (κ2) is 10.4. The van der Waals surface area contributed by atoms with Gasteiger partial charge in [0.1, 0.15) is 17.7 Å². The Kier molecular flexibility index (Phi) is 7.18. The topological polar surface area (TPSA) is 93.1 Å². The van der Waals surface area contributed by atoms with Crippen LogP contribution in [0.2, 0.25) is 0 Å². The van der Waals surface area contributed by atoms with E-state index in [4.69, 9.17) is 9.47 Å². The number of hydrogen-bond acceptors (Lipinski definition) is 6. The van der Waals surface area contributed by atoms with Crippen molar-refractivity contribution in [3.05, 3.63) is 95.6 Å². The number of anilines is 1. The lowest BCUT2D eigenvalue weighted by molar-refractivity contribution is -0.138. The second-order valence-electron chi connectivity index (χ2n) is 7.67. The first kappa shape index (κ1) is 23.4. The Hall–Kier alpha value is -3.78. The standard InChI is InChI=1S/C26H23NO6S/c1-32-26(31)19-8-5-9-20(14-19)27-24(30)22(15-23(28)29)34-25(27)18-10-12-21(13-11-18)33-16-17-6-3-2-4-7-17/h2-14,22,25H,15-16H2,1H3,(H,28,29)/t22-,25-/m0/s1. The number of hydrogen-bond donors (Lipinski definition) is 1. The number of methoxy groups -OCH3 is 1. The van der Waals surface area contributed by atoms with E-state index in [1.54, 1.807) is 29.2 Å². The zero-order valence-electron chi connectivity index (χ0n) is 18.4. The number of aliphatic carboxylic acids is 1. The Bertz CT molecular complexity index is 1180. The van der Waals surface area contributed by atoms with Gasteiger partial charge in [0, 0.05) is 5.69 Å². The van der Waals surface area contributed by atoms with Crippen LogP contribution in [0.4, 0.5) is 5.69 Å². The number of ether oxygens (including phenoxy) is 2. The first-order valence-electron chi connectivity index (χ1n) is 10.6. The van der Waals surface area contributed by atoms with Gasteiger partial charge in [-0.1, -0.05) is 48.5 Å². The van der Waals surface area contributed by atoms with Crippen molar-refractivity contribution in [2.75, 3.05) is 12.0 Å². The zero-order chi connectivity index (χ0) is 24.1. The molecule has 8 heteroatoms. The van der Waals surface area contributed by atoms with E-state index >= 15 is 0 Å². The van der Waals surface area contributed by atoms with Crippen molar-refractivity contribution >= 4 is 35.3 Å². The van der Waals surface area contributed by atoms with E-state index in [9.17, 15) is 19.5 Å². The molecule has 3 aromatic rings. The molecule has 3 aromatic carbocycles. The van der Waals surface area contributed by atoms with Crippen LogP contribution in [0.15, 0.2) is 78.9 Å². The van der Waals surface area contributed by atoms with E-state index in [0.29, 0.717) is 23.6 Å². The third-order valence-electron chi connectivity index (χ3n) is 5.36. The van der Waals surface area contributed by atoms with Crippen LogP contribution in [0.3, 0.4) is 0 Å². The highest BCUT2D eigenvalue weighted by atomic mass is 32.2. The SMILES string of the molecule is COC(=O)c1cccc(N2C(=O)[C@H](CC(=O)O)S[C@H]2c2ccc(OCc3ccccc3)cc2)c1. The van der Waals surface area contributed by atoms with Crippen molar-refractivity contribution in [2.24, 2.45) is 0 Å². The summed E-state index contributed by atoms with van der Waals surface area (Å²) in [7, 11) is 1.29. The summed E-state index contributed by atoms with van der Waals surface area (Å²) in [4.78, 5) is 38.1. The summed E-state index contributed by atoms with van der Waals surface area (Å²) >= 11 is 1.28. The number of thioether (sulfide) groups is 1. The maximum atomic E-state index is 13.2. The minimum Gasteiger partial charge on any atom is -0.489 e. The van der Waals surface area contributed by atoms with Gasteiger partial charge in [-0.3, -0.25) is 14.5 Å². The fourth-order valence-corrected chi connectivity index (χ4v) is 5.14. The van der Waals surface area contributed by atoms with Crippen LogP contribution in [0.25, 0.3) is 0 Å². The van der Waals surface area contributed by atoms with Gasteiger partial charge < -0.3 is 14.6 Å². The fourth-order valence-electron chi connectivity index (χ4n) is 3.70. The number of carbonyl (C=O) groups is 3. The number of carboxylic acid groups (broad SMARTS) is 1.